The minimum absolute atomic E-state index is 0.791. The maximum Gasteiger partial charge on any atom is 0.174 e. The summed E-state index contributed by atoms with van der Waals surface area (Å²) in [6.07, 6.45) is 0. The van der Waals surface area contributed by atoms with Gasteiger partial charge >= 0.3 is 0 Å². The van der Waals surface area contributed by atoms with Crippen molar-refractivity contribution in [1.82, 2.24) is 14.9 Å². The number of halogens is 1. The molecular formula is C25H24ClN5. The van der Waals surface area contributed by atoms with Gasteiger partial charge in [-0.25, -0.2) is 9.97 Å². The van der Waals surface area contributed by atoms with Crippen molar-refractivity contribution in [3.63, 3.8) is 0 Å². The van der Waals surface area contributed by atoms with Gasteiger partial charge in [0.05, 0.1) is 11.0 Å². The first-order chi connectivity index (χ1) is 15.2. The molecule has 0 bridgehead atoms. The van der Waals surface area contributed by atoms with E-state index in [0.29, 0.717) is 0 Å². The molecule has 156 valence electrons. The Morgan fingerprint density at radius 1 is 0.774 bits per heavy atom. The average Bonchev–Trinajstić information content (AvgIpc) is 2.80. The molecule has 31 heavy (non-hydrogen) atoms. The predicted molar refractivity (Wildman–Crippen MR) is 128 cm³/mol. The number of para-hydroxylation sites is 3. The molecule has 0 amide bonds. The maximum absolute atomic E-state index is 6.15. The van der Waals surface area contributed by atoms with Gasteiger partial charge in [0, 0.05) is 43.4 Å². The Hall–Kier alpha value is -3.15. The van der Waals surface area contributed by atoms with Gasteiger partial charge in [0.25, 0.3) is 0 Å². The SMILES string of the molecule is Clc1cccc(CN2CCN(c3nc4ccccc4nc3Nc3ccccc3)CC2)c1. The third-order valence-corrected chi connectivity index (χ3v) is 5.79. The molecule has 0 spiro atoms. The summed E-state index contributed by atoms with van der Waals surface area (Å²) in [6.45, 7) is 4.64. The molecule has 1 aliphatic rings. The second-order valence-corrected chi connectivity index (χ2v) is 8.21. The molecule has 0 aliphatic carbocycles. The average molecular weight is 430 g/mol. The van der Waals surface area contributed by atoms with Crippen LogP contribution in [0.15, 0.2) is 78.9 Å². The molecule has 5 rings (SSSR count). The quantitative estimate of drug-likeness (QED) is 0.463. The van der Waals surface area contributed by atoms with Crippen molar-refractivity contribution in [1.29, 1.82) is 0 Å². The van der Waals surface area contributed by atoms with Crippen LogP contribution >= 0.6 is 11.6 Å². The molecule has 1 aromatic heterocycles. The van der Waals surface area contributed by atoms with E-state index in [1.807, 2.05) is 72.8 Å². The van der Waals surface area contributed by atoms with Crippen LogP contribution in [0.5, 0.6) is 0 Å². The molecule has 0 saturated carbocycles. The highest BCUT2D eigenvalue weighted by Gasteiger charge is 2.22. The van der Waals surface area contributed by atoms with Gasteiger partial charge in [-0.3, -0.25) is 4.90 Å². The van der Waals surface area contributed by atoms with Crippen LogP contribution in [0.2, 0.25) is 5.02 Å². The van der Waals surface area contributed by atoms with Crippen LogP contribution in [0.1, 0.15) is 5.56 Å². The summed E-state index contributed by atoms with van der Waals surface area (Å²) in [5.74, 6) is 1.71. The van der Waals surface area contributed by atoms with E-state index < -0.39 is 0 Å². The van der Waals surface area contributed by atoms with Gasteiger partial charge in [0.1, 0.15) is 0 Å². The zero-order valence-electron chi connectivity index (χ0n) is 17.2. The van der Waals surface area contributed by atoms with Crippen molar-refractivity contribution in [3.8, 4) is 0 Å². The Labute approximate surface area is 187 Å². The Kier molecular flexibility index (Phi) is 5.69. The summed E-state index contributed by atoms with van der Waals surface area (Å²) in [5.41, 5.74) is 4.06. The fraction of sp³-hybridized carbons (Fsp3) is 0.200. The molecule has 2 heterocycles. The van der Waals surface area contributed by atoms with E-state index in [2.05, 4.69) is 21.2 Å². The first-order valence-corrected chi connectivity index (χ1v) is 10.9. The highest BCUT2D eigenvalue weighted by atomic mass is 35.5. The van der Waals surface area contributed by atoms with E-state index in [1.54, 1.807) is 0 Å². The molecule has 0 radical (unpaired) electrons. The molecule has 1 aliphatic heterocycles. The Morgan fingerprint density at radius 2 is 1.48 bits per heavy atom. The van der Waals surface area contributed by atoms with Gasteiger partial charge in [-0.1, -0.05) is 54.1 Å². The molecule has 1 fully saturated rings. The van der Waals surface area contributed by atoms with Gasteiger partial charge in [-0.15, -0.1) is 0 Å². The molecule has 1 saturated heterocycles. The first-order valence-electron chi connectivity index (χ1n) is 10.6. The Bertz CT molecular complexity index is 1170. The lowest BCUT2D eigenvalue weighted by Gasteiger charge is -2.36. The van der Waals surface area contributed by atoms with Gasteiger partial charge < -0.3 is 10.2 Å². The summed E-state index contributed by atoms with van der Waals surface area (Å²) in [6, 6.07) is 26.3. The van der Waals surface area contributed by atoms with Crippen molar-refractivity contribution in [3.05, 3.63) is 89.4 Å². The first kappa shape index (κ1) is 19.8. The number of fused-ring (bicyclic) bond motifs is 1. The number of anilines is 3. The van der Waals surface area contributed by atoms with E-state index in [1.165, 1.54) is 5.56 Å². The minimum atomic E-state index is 0.791. The van der Waals surface area contributed by atoms with Crippen molar-refractivity contribution in [2.45, 2.75) is 6.54 Å². The Morgan fingerprint density at radius 3 is 2.23 bits per heavy atom. The van der Waals surface area contributed by atoms with E-state index in [4.69, 9.17) is 21.6 Å². The van der Waals surface area contributed by atoms with Crippen LogP contribution in [0.4, 0.5) is 17.3 Å². The largest absolute Gasteiger partial charge is 0.351 e. The van der Waals surface area contributed by atoms with Crippen LogP contribution in [-0.4, -0.2) is 41.0 Å². The standard InChI is InChI=1S/C25H24ClN5/c26-20-8-6-7-19(17-20)18-30-13-15-31(16-14-30)25-24(27-21-9-2-1-3-10-21)28-22-11-4-5-12-23(22)29-25/h1-12,17H,13-16,18H2,(H,27,28). The van der Waals surface area contributed by atoms with Gasteiger partial charge in [-0.2, -0.15) is 0 Å². The zero-order valence-corrected chi connectivity index (χ0v) is 18.0. The lowest BCUT2D eigenvalue weighted by Crippen LogP contribution is -2.46. The van der Waals surface area contributed by atoms with Crippen molar-refractivity contribution in [2.75, 3.05) is 36.4 Å². The van der Waals surface area contributed by atoms with Crippen LogP contribution in [0.25, 0.3) is 11.0 Å². The van der Waals surface area contributed by atoms with Crippen molar-refractivity contribution in [2.24, 2.45) is 0 Å². The number of aromatic nitrogens is 2. The zero-order chi connectivity index (χ0) is 21.0. The minimum Gasteiger partial charge on any atom is -0.351 e. The lowest BCUT2D eigenvalue weighted by atomic mass is 10.2. The summed E-state index contributed by atoms with van der Waals surface area (Å²) >= 11 is 6.15. The van der Waals surface area contributed by atoms with Gasteiger partial charge in [0.2, 0.25) is 0 Å². The number of nitrogens with one attached hydrogen (secondary N) is 1. The highest BCUT2D eigenvalue weighted by molar-refractivity contribution is 6.30. The summed E-state index contributed by atoms with van der Waals surface area (Å²) in [7, 11) is 0. The smallest absolute Gasteiger partial charge is 0.174 e. The molecular weight excluding hydrogens is 406 g/mol. The number of benzene rings is 3. The third-order valence-electron chi connectivity index (χ3n) is 5.56. The molecule has 5 nitrogen and oxygen atoms in total. The normalized spacial score (nSPS) is 14.7. The topological polar surface area (TPSA) is 44.3 Å². The number of hydrogen-bond acceptors (Lipinski definition) is 5. The van der Waals surface area contributed by atoms with Crippen LogP contribution in [0.3, 0.4) is 0 Å². The molecule has 0 atom stereocenters. The molecule has 6 heteroatoms. The number of hydrogen-bond donors (Lipinski definition) is 1. The van der Waals surface area contributed by atoms with E-state index in [-0.39, 0.29) is 0 Å². The monoisotopic (exact) mass is 429 g/mol. The fourth-order valence-electron chi connectivity index (χ4n) is 3.96. The second-order valence-electron chi connectivity index (χ2n) is 7.77. The maximum atomic E-state index is 6.15. The van der Waals surface area contributed by atoms with Gasteiger partial charge in [0.15, 0.2) is 11.6 Å². The van der Waals surface area contributed by atoms with E-state index in [9.17, 15) is 0 Å². The second kappa shape index (κ2) is 8.92. The van der Waals surface area contributed by atoms with E-state index in [0.717, 1.165) is 66.1 Å². The molecule has 3 aromatic carbocycles. The number of rotatable bonds is 5. The summed E-state index contributed by atoms with van der Waals surface area (Å²) in [4.78, 5) is 14.7. The van der Waals surface area contributed by atoms with E-state index >= 15 is 0 Å². The molecule has 0 unspecified atom stereocenters. The summed E-state index contributed by atoms with van der Waals surface area (Å²) < 4.78 is 0. The third kappa shape index (κ3) is 4.63. The fourth-order valence-corrected chi connectivity index (χ4v) is 4.18. The lowest BCUT2D eigenvalue weighted by molar-refractivity contribution is 0.249. The molecule has 4 aromatic rings. The van der Waals surface area contributed by atoms with Crippen molar-refractivity contribution < 1.29 is 0 Å². The van der Waals surface area contributed by atoms with Crippen LogP contribution in [0, 0.1) is 0 Å². The highest BCUT2D eigenvalue weighted by Crippen LogP contribution is 2.29. The van der Waals surface area contributed by atoms with Crippen LogP contribution < -0.4 is 10.2 Å². The van der Waals surface area contributed by atoms with Crippen molar-refractivity contribution >= 4 is 40.0 Å². The van der Waals surface area contributed by atoms with Crippen LogP contribution in [-0.2, 0) is 6.54 Å². The molecule has 1 N–H and O–H groups in total. The number of piperazine rings is 1. The van der Waals surface area contributed by atoms with Gasteiger partial charge in [-0.05, 0) is 42.0 Å². The Balaban J connectivity index is 1.37. The predicted octanol–water partition coefficient (Wildman–Crippen LogP) is 5.35. The summed E-state index contributed by atoms with van der Waals surface area (Å²) in [5, 5.41) is 4.27. The number of nitrogens with zero attached hydrogens (tertiary/aromatic N) is 4.